The molecule has 0 bridgehead atoms. The number of nitrogens with one attached hydrogen (secondary N) is 1. The first-order chi connectivity index (χ1) is 9.24. The molecule has 1 aliphatic carbocycles. The van der Waals surface area contributed by atoms with Gasteiger partial charge >= 0.3 is 0 Å². The first-order valence-electron chi connectivity index (χ1n) is 6.65. The topological polar surface area (TPSA) is 63.2 Å². The van der Waals surface area contributed by atoms with Crippen molar-refractivity contribution in [2.75, 3.05) is 37.0 Å². The average molecular weight is 286 g/mol. The van der Waals surface area contributed by atoms with Crippen molar-refractivity contribution in [2.45, 2.75) is 32.2 Å². The van der Waals surface area contributed by atoms with E-state index in [4.69, 9.17) is 16.3 Å². The molecule has 6 nitrogen and oxygen atoms in total. The Hall–Kier alpha value is -1.14. The van der Waals surface area contributed by atoms with E-state index in [1.54, 1.807) is 7.11 Å². The Balaban J connectivity index is 2.13. The summed E-state index contributed by atoms with van der Waals surface area (Å²) >= 11 is 5.97. The summed E-state index contributed by atoms with van der Waals surface area (Å²) in [5, 5.41) is 3.37. The highest BCUT2D eigenvalue weighted by molar-refractivity contribution is 6.28. The summed E-state index contributed by atoms with van der Waals surface area (Å²) in [5.41, 5.74) is 0. The second kappa shape index (κ2) is 6.86. The SMILES string of the molecule is CCCNc1nc(Cl)nc(N(CCOC)C2CC2)n1. The molecule has 0 amide bonds. The molecule has 1 aromatic heterocycles. The zero-order chi connectivity index (χ0) is 13.7. The van der Waals surface area contributed by atoms with E-state index in [0.717, 1.165) is 19.5 Å². The number of ether oxygens (including phenoxy) is 1. The third-order valence-corrected chi connectivity index (χ3v) is 3.08. The molecule has 1 fully saturated rings. The second-order valence-corrected chi connectivity index (χ2v) is 4.91. The molecule has 7 heteroatoms. The quantitative estimate of drug-likeness (QED) is 0.788. The minimum Gasteiger partial charge on any atom is -0.383 e. The van der Waals surface area contributed by atoms with Crippen LogP contribution in [0, 0.1) is 0 Å². The molecule has 0 aromatic carbocycles. The van der Waals surface area contributed by atoms with E-state index in [0.29, 0.717) is 24.5 Å². The highest BCUT2D eigenvalue weighted by Crippen LogP contribution is 2.30. The van der Waals surface area contributed by atoms with Gasteiger partial charge in [0.15, 0.2) is 0 Å². The number of aromatic nitrogens is 3. The molecule has 0 saturated heterocycles. The maximum absolute atomic E-state index is 5.97. The number of methoxy groups -OCH3 is 1. The maximum atomic E-state index is 5.97. The van der Waals surface area contributed by atoms with Crippen molar-refractivity contribution in [1.82, 2.24) is 15.0 Å². The van der Waals surface area contributed by atoms with Crippen LogP contribution >= 0.6 is 11.6 Å². The largest absolute Gasteiger partial charge is 0.383 e. The Morgan fingerprint density at radius 3 is 2.79 bits per heavy atom. The molecule has 0 atom stereocenters. The van der Waals surface area contributed by atoms with Crippen molar-refractivity contribution in [3.63, 3.8) is 0 Å². The fraction of sp³-hybridized carbons (Fsp3) is 0.750. The molecule has 1 heterocycles. The van der Waals surface area contributed by atoms with Crippen molar-refractivity contribution in [3.8, 4) is 0 Å². The van der Waals surface area contributed by atoms with Crippen LogP contribution in [0.2, 0.25) is 5.28 Å². The lowest BCUT2D eigenvalue weighted by molar-refractivity contribution is 0.204. The Morgan fingerprint density at radius 1 is 1.37 bits per heavy atom. The zero-order valence-corrected chi connectivity index (χ0v) is 12.2. The maximum Gasteiger partial charge on any atom is 0.231 e. The molecule has 1 aliphatic rings. The van der Waals surface area contributed by atoms with Crippen LogP contribution in [-0.4, -0.2) is 47.8 Å². The lowest BCUT2D eigenvalue weighted by atomic mass is 10.5. The molecule has 19 heavy (non-hydrogen) atoms. The predicted molar refractivity (Wildman–Crippen MR) is 75.9 cm³/mol. The van der Waals surface area contributed by atoms with Gasteiger partial charge < -0.3 is 15.0 Å². The standard InChI is InChI=1S/C12H20ClN5O/c1-3-6-14-11-15-10(13)16-12(17-11)18(7-8-19-2)9-4-5-9/h9H,3-8H2,1-2H3,(H,14,15,16,17). The lowest BCUT2D eigenvalue weighted by Gasteiger charge is -2.22. The van der Waals surface area contributed by atoms with Gasteiger partial charge in [0.25, 0.3) is 0 Å². The normalized spacial score (nSPS) is 14.5. The molecule has 106 valence electrons. The molecular formula is C12H20ClN5O. The summed E-state index contributed by atoms with van der Waals surface area (Å²) in [5.74, 6) is 1.18. The van der Waals surface area contributed by atoms with Gasteiger partial charge in [-0.25, -0.2) is 0 Å². The summed E-state index contributed by atoms with van der Waals surface area (Å²) in [6.07, 6.45) is 3.35. The first-order valence-corrected chi connectivity index (χ1v) is 7.03. The van der Waals surface area contributed by atoms with Gasteiger partial charge in [0.1, 0.15) is 0 Å². The van der Waals surface area contributed by atoms with Crippen LogP contribution in [0.25, 0.3) is 0 Å². The summed E-state index contributed by atoms with van der Waals surface area (Å²) in [6, 6.07) is 0.507. The van der Waals surface area contributed by atoms with Crippen LogP contribution in [0.1, 0.15) is 26.2 Å². The van der Waals surface area contributed by atoms with E-state index in [2.05, 4.69) is 32.1 Å². The molecule has 0 unspecified atom stereocenters. The van der Waals surface area contributed by atoms with Gasteiger partial charge in [-0.3, -0.25) is 0 Å². The van der Waals surface area contributed by atoms with Gasteiger partial charge in [-0.2, -0.15) is 15.0 Å². The third kappa shape index (κ3) is 4.18. The summed E-state index contributed by atoms with van der Waals surface area (Å²) in [4.78, 5) is 14.9. The van der Waals surface area contributed by atoms with Gasteiger partial charge in [-0.05, 0) is 30.9 Å². The van der Waals surface area contributed by atoms with Crippen molar-refractivity contribution in [1.29, 1.82) is 0 Å². The minimum absolute atomic E-state index is 0.228. The first kappa shape index (κ1) is 14.3. The second-order valence-electron chi connectivity index (χ2n) is 4.57. The van der Waals surface area contributed by atoms with Crippen LogP contribution in [-0.2, 0) is 4.74 Å². The number of halogens is 1. The summed E-state index contributed by atoms with van der Waals surface area (Å²) in [7, 11) is 1.69. The van der Waals surface area contributed by atoms with E-state index in [1.807, 2.05) is 0 Å². The Bertz CT molecular complexity index is 413. The summed E-state index contributed by atoms with van der Waals surface area (Å²) in [6.45, 7) is 4.33. The van der Waals surface area contributed by atoms with Crippen molar-refractivity contribution in [3.05, 3.63) is 5.28 Å². The summed E-state index contributed by atoms with van der Waals surface area (Å²) < 4.78 is 5.14. The van der Waals surface area contributed by atoms with Crippen LogP contribution in [0.3, 0.4) is 0 Å². The molecule has 0 spiro atoms. The van der Waals surface area contributed by atoms with Crippen LogP contribution in [0.4, 0.5) is 11.9 Å². The van der Waals surface area contributed by atoms with Crippen molar-refractivity contribution < 1.29 is 4.74 Å². The Labute approximate surface area is 118 Å². The molecule has 1 saturated carbocycles. The van der Waals surface area contributed by atoms with Crippen molar-refractivity contribution in [2.24, 2.45) is 0 Å². The predicted octanol–water partition coefficient (Wildman–Crippen LogP) is 1.96. The third-order valence-electron chi connectivity index (χ3n) is 2.91. The fourth-order valence-electron chi connectivity index (χ4n) is 1.81. The molecule has 0 radical (unpaired) electrons. The van der Waals surface area contributed by atoms with Gasteiger partial charge in [0.2, 0.25) is 17.2 Å². The fourth-order valence-corrected chi connectivity index (χ4v) is 1.96. The monoisotopic (exact) mass is 285 g/mol. The number of nitrogens with zero attached hydrogens (tertiary/aromatic N) is 4. The molecule has 2 rings (SSSR count). The smallest absolute Gasteiger partial charge is 0.231 e. The molecular weight excluding hydrogens is 266 g/mol. The van der Waals surface area contributed by atoms with E-state index in [9.17, 15) is 0 Å². The number of hydrogen-bond donors (Lipinski definition) is 1. The Kier molecular flexibility index (Phi) is 5.15. The van der Waals surface area contributed by atoms with E-state index < -0.39 is 0 Å². The average Bonchev–Trinajstić information content (AvgIpc) is 3.21. The van der Waals surface area contributed by atoms with E-state index in [1.165, 1.54) is 12.8 Å². The minimum atomic E-state index is 0.228. The number of hydrogen-bond acceptors (Lipinski definition) is 6. The van der Waals surface area contributed by atoms with Gasteiger partial charge in [0, 0.05) is 26.2 Å². The van der Waals surface area contributed by atoms with Gasteiger partial charge in [-0.1, -0.05) is 6.92 Å². The zero-order valence-electron chi connectivity index (χ0n) is 11.4. The van der Waals surface area contributed by atoms with Gasteiger partial charge in [-0.15, -0.1) is 0 Å². The molecule has 1 aromatic rings. The number of anilines is 2. The molecule has 1 N–H and O–H groups in total. The lowest BCUT2D eigenvalue weighted by Crippen LogP contribution is -2.31. The highest BCUT2D eigenvalue weighted by Gasteiger charge is 2.31. The van der Waals surface area contributed by atoms with Crippen molar-refractivity contribution >= 4 is 23.5 Å². The van der Waals surface area contributed by atoms with E-state index >= 15 is 0 Å². The van der Waals surface area contributed by atoms with Gasteiger partial charge in [0.05, 0.1) is 6.61 Å². The van der Waals surface area contributed by atoms with Crippen LogP contribution in [0.5, 0.6) is 0 Å². The van der Waals surface area contributed by atoms with E-state index in [-0.39, 0.29) is 5.28 Å². The molecule has 0 aliphatic heterocycles. The Morgan fingerprint density at radius 2 is 2.16 bits per heavy atom. The van der Waals surface area contributed by atoms with Crippen LogP contribution < -0.4 is 10.2 Å². The van der Waals surface area contributed by atoms with Crippen LogP contribution in [0.15, 0.2) is 0 Å². The number of rotatable bonds is 8. The highest BCUT2D eigenvalue weighted by atomic mass is 35.5.